The summed E-state index contributed by atoms with van der Waals surface area (Å²) in [5.74, 6) is -3.70. The number of hydrogen-bond acceptors (Lipinski definition) is 18. The molecule has 3 heterocycles. The quantitative estimate of drug-likeness (QED) is 0.0805. The van der Waals surface area contributed by atoms with Crippen molar-refractivity contribution in [2.24, 2.45) is 0 Å². The highest BCUT2D eigenvalue weighted by Crippen LogP contribution is 2.51. The van der Waals surface area contributed by atoms with Crippen molar-refractivity contribution in [1.29, 1.82) is 0 Å². The van der Waals surface area contributed by atoms with Gasteiger partial charge < -0.3 is 79.2 Å². The first-order valence-corrected chi connectivity index (χ1v) is 16.7. The van der Waals surface area contributed by atoms with Crippen LogP contribution in [0.4, 0.5) is 0 Å². The summed E-state index contributed by atoms with van der Waals surface area (Å²) < 4.78 is 33.4. The smallest absolute Gasteiger partial charge is 0.331 e. The summed E-state index contributed by atoms with van der Waals surface area (Å²) >= 11 is 0. The molecule has 18 nitrogen and oxygen atoms in total. The number of benzene rings is 3. The minimum Gasteiger partial charge on any atom is -0.508 e. The summed E-state index contributed by atoms with van der Waals surface area (Å²) in [5.41, 5.74) is -2.27. The first-order valence-electron chi connectivity index (χ1n) is 16.7. The zero-order valence-electron chi connectivity index (χ0n) is 29.0. The molecule has 2 saturated heterocycles. The zero-order chi connectivity index (χ0) is 39.9. The molecule has 9 unspecified atom stereocenters. The minimum absolute atomic E-state index is 0.00875. The molecule has 0 bridgehead atoms. The summed E-state index contributed by atoms with van der Waals surface area (Å²) in [5, 5.41) is 107. The van der Waals surface area contributed by atoms with Crippen LogP contribution in [0.3, 0.4) is 0 Å². The second-order valence-electron chi connectivity index (χ2n) is 12.8. The topological polar surface area (TPSA) is 296 Å². The molecule has 2 fully saturated rings. The SMILES string of the molecule is COc1cc(C=CC(=O)OC2C(c3c(O)c(C4OCC(O)C(O)C4O)c(O)c4c(=O)cc(-c5ccc(O)cc5)oc34)OC(CO)C(O)C2O)cc(OC)c1O. The standard InChI is InChI=1S/C37H38O18/c1-50-20-9-14(10-21(51-2)28(20)44)3-8-23(42)55-37-33(49)29(45)22(12-38)54-36(37)26-31(47)25(35-32(48)27(43)18(41)13-52-35)30(46)24-17(40)11-19(53-34(24)26)15-4-6-16(39)7-5-15/h3-11,18,22,27,29,32-33,35-39,41,43-49H,12-13H2,1-2H3. The number of methoxy groups -OCH3 is 2. The van der Waals surface area contributed by atoms with Gasteiger partial charge in [0.05, 0.1) is 38.6 Å². The van der Waals surface area contributed by atoms with Gasteiger partial charge in [-0.3, -0.25) is 4.79 Å². The van der Waals surface area contributed by atoms with E-state index in [4.69, 9.17) is 28.1 Å². The first-order chi connectivity index (χ1) is 26.2. The van der Waals surface area contributed by atoms with Gasteiger partial charge in [0.25, 0.3) is 0 Å². The van der Waals surface area contributed by atoms with E-state index < -0.39 is 113 Å². The van der Waals surface area contributed by atoms with Gasteiger partial charge in [0, 0.05) is 17.7 Å². The maximum Gasteiger partial charge on any atom is 0.331 e. The third-order valence-corrected chi connectivity index (χ3v) is 9.45. The number of aliphatic hydroxyl groups excluding tert-OH is 6. The van der Waals surface area contributed by atoms with E-state index in [1.54, 1.807) is 0 Å². The summed E-state index contributed by atoms with van der Waals surface area (Å²) in [4.78, 5) is 27.2. The Morgan fingerprint density at radius 2 is 1.47 bits per heavy atom. The second kappa shape index (κ2) is 15.7. The summed E-state index contributed by atoms with van der Waals surface area (Å²) in [7, 11) is 2.59. The Kier molecular flexibility index (Phi) is 11.2. The Morgan fingerprint density at radius 3 is 2.09 bits per heavy atom. The van der Waals surface area contributed by atoms with Crippen LogP contribution in [0.5, 0.6) is 34.5 Å². The highest BCUT2D eigenvalue weighted by atomic mass is 16.6. The van der Waals surface area contributed by atoms with Crippen molar-refractivity contribution in [3.8, 4) is 45.8 Å². The van der Waals surface area contributed by atoms with E-state index in [9.17, 15) is 60.7 Å². The lowest BCUT2D eigenvalue weighted by atomic mass is 9.85. The molecule has 18 heteroatoms. The van der Waals surface area contributed by atoms with E-state index in [1.165, 1.54) is 56.7 Å². The maximum atomic E-state index is 13.8. The Balaban J connectivity index is 1.53. The number of esters is 1. The van der Waals surface area contributed by atoms with Crippen molar-refractivity contribution in [3.63, 3.8) is 0 Å². The zero-order valence-corrected chi connectivity index (χ0v) is 29.0. The predicted octanol–water partition coefficient (Wildman–Crippen LogP) is 0.233. The Hall–Kier alpha value is -5.44. The molecule has 55 heavy (non-hydrogen) atoms. The molecule has 0 amide bonds. The summed E-state index contributed by atoms with van der Waals surface area (Å²) in [6, 6.07) is 9.07. The van der Waals surface area contributed by atoms with Crippen LogP contribution in [-0.2, 0) is 19.0 Å². The van der Waals surface area contributed by atoms with Gasteiger partial charge in [-0.05, 0) is 48.0 Å². The van der Waals surface area contributed by atoms with Crippen LogP contribution in [0.1, 0.15) is 28.9 Å². The molecule has 294 valence electrons. The van der Waals surface area contributed by atoms with Crippen LogP contribution < -0.4 is 14.9 Å². The highest BCUT2D eigenvalue weighted by molar-refractivity contribution is 5.92. The molecule has 1 aromatic heterocycles. The number of carbonyl (C=O) groups is 1. The number of ether oxygens (including phenoxy) is 5. The molecular weight excluding hydrogens is 732 g/mol. The number of carbonyl (C=O) groups excluding carboxylic acids is 1. The molecule has 0 aliphatic carbocycles. The highest BCUT2D eigenvalue weighted by Gasteiger charge is 2.50. The van der Waals surface area contributed by atoms with Gasteiger partial charge in [-0.25, -0.2) is 4.79 Å². The molecule has 6 rings (SSSR count). The molecule has 9 atom stereocenters. The fourth-order valence-corrected chi connectivity index (χ4v) is 6.57. The van der Waals surface area contributed by atoms with Crippen molar-refractivity contribution in [1.82, 2.24) is 0 Å². The van der Waals surface area contributed by atoms with Crippen molar-refractivity contribution in [3.05, 3.63) is 75.5 Å². The number of rotatable bonds is 9. The van der Waals surface area contributed by atoms with Crippen LogP contribution in [0.15, 0.2) is 57.8 Å². The molecule has 2 aliphatic heterocycles. The van der Waals surface area contributed by atoms with Gasteiger partial charge in [-0.2, -0.15) is 0 Å². The van der Waals surface area contributed by atoms with Crippen molar-refractivity contribution < 1.29 is 84.0 Å². The second-order valence-corrected chi connectivity index (χ2v) is 12.8. The van der Waals surface area contributed by atoms with Gasteiger partial charge in [-0.15, -0.1) is 0 Å². The Bertz CT molecular complexity index is 2120. The van der Waals surface area contributed by atoms with Crippen molar-refractivity contribution >= 4 is 23.0 Å². The number of hydrogen-bond donors (Lipinski definition) is 10. The first kappa shape index (κ1) is 39.3. The van der Waals surface area contributed by atoms with E-state index >= 15 is 0 Å². The van der Waals surface area contributed by atoms with Gasteiger partial charge in [0.15, 0.2) is 28.6 Å². The van der Waals surface area contributed by atoms with Crippen LogP contribution in [0.2, 0.25) is 0 Å². The van der Waals surface area contributed by atoms with Gasteiger partial charge in [0.1, 0.15) is 77.2 Å². The number of phenols is 4. The predicted molar refractivity (Wildman–Crippen MR) is 186 cm³/mol. The monoisotopic (exact) mass is 770 g/mol. The molecule has 2 aliphatic rings. The number of aliphatic hydroxyl groups is 6. The largest absolute Gasteiger partial charge is 0.508 e. The number of phenolic OH excluding ortho intramolecular Hbond substituents is 4. The normalized spacial score (nSPS) is 26.9. The van der Waals surface area contributed by atoms with Crippen molar-refractivity contribution in [2.75, 3.05) is 27.4 Å². The number of aromatic hydroxyl groups is 4. The molecule has 0 radical (unpaired) electrons. The molecule has 0 spiro atoms. The van der Waals surface area contributed by atoms with Crippen LogP contribution in [0.25, 0.3) is 28.4 Å². The van der Waals surface area contributed by atoms with E-state index in [1.807, 2.05) is 0 Å². The summed E-state index contributed by atoms with van der Waals surface area (Å²) in [6.45, 7) is -1.51. The average molecular weight is 771 g/mol. The fraction of sp³-hybridized carbons (Fsp3) is 0.351. The van der Waals surface area contributed by atoms with Crippen LogP contribution in [-0.4, -0.2) is 127 Å². The summed E-state index contributed by atoms with van der Waals surface area (Å²) in [6.07, 6.45) is -14.5. The molecule has 10 N–H and O–H groups in total. The lowest BCUT2D eigenvalue weighted by molar-refractivity contribution is -0.239. The van der Waals surface area contributed by atoms with Gasteiger partial charge in [0.2, 0.25) is 5.75 Å². The van der Waals surface area contributed by atoms with E-state index in [0.29, 0.717) is 0 Å². The van der Waals surface area contributed by atoms with E-state index in [-0.39, 0.29) is 39.9 Å². The third-order valence-electron chi connectivity index (χ3n) is 9.45. The maximum absolute atomic E-state index is 13.8. The molecule has 4 aromatic rings. The molecular formula is C37H38O18. The molecule has 3 aromatic carbocycles. The van der Waals surface area contributed by atoms with Crippen LogP contribution in [0, 0.1) is 0 Å². The third kappa shape index (κ3) is 7.24. The molecule has 0 saturated carbocycles. The lowest BCUT2D eigenvalue weighted by Gasteiger charge is -2.42. The van der Waals surface area contributed by atoms with Gasteiger partial charge >= 0.3 is 5.97 Å². The fourth-order valence-electron chi connectivity index (χ4n) is 6.57. The van der Waals surface area contributed by atoms with Crippen LogP contribution >= 0.6 is 0 Å². The van der Waals surface area contributed by atoms with E-state index in [0.717, 1.165) is 12.1 Å². The van der Waals surface area contributed by atoms with Crippen molar-refractivity contribution in [2.45, 2.75) is 54.9 Å². The average Bonchev–Trinajstić information content (AvgIpc) is 3.16. The van der Waals surface area contributed by atoms with E-state index in [2.05, 4.69) is 0 Å². The van der Waals surface area contributed by atoms with Gasteiger partial charge in [-0.1, -0.05) is 0 Å². The Labute approximate surface area is 310 Å². The number of fused-ring (bicyclic) bond motifs is 1. The lowest BCUT2D eigenvalue weighted by Crippen LogP contribution is -2.56. The Morgan fingerprint density at radius 1 is 0.818 bits per heavy atom. The minimum atomic E-state index is -2.05.